The summed E-state index contributed by atoms with van der Waals surface area (Å²) in [6.07, 6.45) is 0. The van der Waals surface area contributed by atoms with E-state index < -0.39 is 0 Å². The van der Waals surface area contributed by atoms with Crippen LogP contribution in [0.4, 0.5) is 0 Å². The van der Waals surface area contributed by atoms with E-state index in [0.29, 0.717) is 5.02 Å². The predicted molar refractivity (Wildman–Crippen MR) is 166 cm³/mol. The van der Waals surface area contributed by atoms with E-state index in [1.165, 1.54) is 50.1 Å². The number of aromatic nitrogens is 3. The van der Waals surface area contributed by atoms with Crippen LogP contribution >= 0.6 is 11.6 Å². The highest BCUT2D eigenvalue weighted by Crippen LogP contribution is 2.62. The smallest absolute Gasteiger partial charge is 0.114 e. The van der Waals surface area contributed by atoms with Crippen molar-refractivity contribution in [2.24, 2.45) is 0 Å². The Labute approximate surface area is 242 Å². The van der Waals surface area contributed by atoms with Crippen molar-refractivity contribution in [3.8, 4) is 39.1 Å². The first-order chi connectivity index (χ1) is 20.2. The third kappa shape index (κ3) is 3.04. The molecule has 2 aliphatic rings. The molecule has 7 aromatic rings. The van der Waals surface area contributed by atoms with E-state index in [4.69, 9.17) is 21.8 Å². The van der Waals surface area contributed by atoms with Crippen LogP contribution < -0.4 is 0 Å². The molecule has 0 bridgehead atoms. The van der Waals surface area contributed by atoms with Crippen LogP contribution in [0, 0.1) is 0 Å². The Morgan fingerprint density at radius 2 is 0.976 bits per heavy atom. The second kappa shape index (κ2) is 8.26. The summed E-state index contributed by atoms with van der Waals surface area (Å²) in [4.78, 5) is 1.67. The van der Waals surface area contributed by atoms with Gasteiger partial charge in [-0.05, 0) is 98.1 Å². The van der Waals surface area contributed by atoms with E-state index in [0.717, 1.165) is 22.3 Å². The molecule has 6 aromatic carbocycles. The summed E-state index contributed by atoms with van der Waals surface area (Å²) in [5.41, 5.74) is 15.1. The Balaban J connectivity index is 1.26. The maximum atomic E-state index is 6.09. The number of fused-ring (bicyclic) bond motifs is 11. The van der Waals surface area contributed by atoms with Gasteiger partial charge in [0.2, 0.25) is 0 Å². The van der Waals surface area contributed by atoms with Crippen LogP contribution in [0.15, 0.2) is 133 Å². The summed E-state index contributed by atoms with van der Waals surface area (Å²) in [7, 11) is 0. The van der Waals surface area contributed by atoms with E-state index >= 15 is 0 Å². The lowest BCUT2D eigenvalue weighted by atomic mass is 9.70. The molecule has 0 N–H and O–H groups in total. The van der Waals surface area contributed by atoms with Crippen molar-refractivity contribution in [3.05, 3.63) is 161 Å². The Bertz CT molecular complexity index is 2110. The highest BCUT2D eigenvalue weighted by molar-refractivity contribution is 6.30. The van der Waals surface area contributed by atoms with Gasteiger partial charge in [0.1, 0.15) is 11.0 Å². The van der Waals surface area contributed by atoms with Crippen molar-refractivity contribution in [3.63, 3.8) is 0 Å². The molecule has 9 rings (SSSR count). The SMILES string of the molecule is Clc1ccc(-n2nc3ccc(-c4ccc5c(c4)C4(c6ccccc6-c6ccccc64)c4ccccc4-5)cc3n2)cc1. The van der Waals surface area contributed by atoms with Crippen LogP contribution in [0.3, 0.4) is 0 Å². The third-order valence-electron chi connectivity index (χ3n) is 8.77. The van der Waals surface area contributed by atoms with E-state index in [2.05, 4.69) is 109 Å². The largest absolute Gasteiger partial charge is 0.150 e. The fourth-order valence-electron chi connectivity index (χ4n) is 7.06. The lowest BCUT2D eigenvalue weighted by Gasteiger charge is -2.30. The molecule has 0 saturated carbocycles. The fourth-order valence-corrected chi connectivity index (χ4v) is 7.18. The van der Waals surface area contributed by atoms with Gasteiger partial charge in [0.15, 0.2) is 0 Å². The third-order valence-corrected chi connectivity index (χ3v) is 9.02. The molecule has 0 fully saturated rings. The molecule has 41 heavy (non-hydrogen) atoms. The van der Waals surface area contributed by atoms with Crippen molar-refractivity contribution in [2.75, 3.05) is 0 Å². The molecule has 0 amide bonds. The fraction of sp³-hybridized carbons (Fsp3) is 0.0270. The molecule has 3 nitrogen and oxygen atoms in total. The topological polar surface area (TPSA) is 30.7 Å². The molecule has 2 aliphatic carbocycles. The molecule has 1 spiro atoms. The van der Waals surface area contributed by atoms with Crippen molar-refractivity contribution in [1.29, 1.82) is 0 Å². The molecule has 0 radical (unpaired) electrons. The standard InChI is InChI=1S/C37H22ClN3/c38-25-15-17-26(18-16-25)41-39-35-20-14-24(22-36(35)40-41)23-13-19-30-29-9-3-6-12-33(29)37(34(30)21-23)31-10-4-1-7-27(31)28-8-2-5-11-32(28)37/h1-22H. The van der Waals surface area contributed by atoms with Crippen LogP contribution in [0.5, 0.6) is 0 Å². The zero-order valence-electron chi connectivity index (χ0n) is 21.9. The number of benzene rings is 6. The number of hydrogen-bond donors (Lipinski definition) is 0. The molecule has 1 aromatic heterocycles. The molecule has 0 unspecified atom stereocenters. The van der Waals surface area contributed by atoms with Gasteiger partial charge in [-0.25, -0.2) is 0 Å². The predicted octanol–water partition coefficient (Wildman–Crippen LogP) is 9.08. The lowest BCUT2D eigenvalue weighted by Crippen LogP contribution is -2.25. The quantitative estimate of drug-likeness (QED) is 0.218. The normalized spacial score (nSPS) is 13.7. The molecule has 0 atom stereocenters. The van der Waals surface area contributed by atoms with Gasteiger partial charge in [0, 0.05) is 5.02 Å². The Morgan fingerprint density at radius 3 is 1.61 bits per heavy atom. The van der Waals surface area contributed by atoms with Gasteiger partial charge >= 0.3 is 0 Å². The summed E-state index contributed by atoms with van der Waals surface area (Å²) in [5, 5.41) is 10.2. The average Bonchev–Trinajstić information content (AvgIpc) is 3.68. The van der Waals surface area contributed by atoms with E-state index in [9.17, 15) is 0 Å². The van der Waals surface area contributed by atoms with Crippen molar-refractivity contribution >= 4 is 22.6 Å². The Kier molecular flexibility index (Phi) is 4.59. The maximum Gasteiger partial charge on any atom is 0.114 e. The van der Waals surface area contributed by atoms with Crippen molar-refractivity contribution in [2.45, 2.75) is 5.41 Å². The minimum absolute atomic E-state index is 0.350. The number of rotatable bonds is 2. The van der Waals surface area contributed by atoms with Gasteiger partial charge in [-0.2, -0.15) is 4.80 Å². The second-order valence-corrected chi connectivity index (χ2v) is 11.3. The molecule has 0 aliphatic heterocycles. The molecule has 4 heteroatoms. The average molecular weight is 544 g/mol. The van der Waals surface area contributed by atoms with Crippen molar-refractivity contribution in [1.82, 2.24) is 15.0 Å². The second-order valence-electron chi connectivity index (χ2n) is 10.8. The van der Waals surface area contributed by atoms with Gasteiger partial charge in [-0.15, -0.1) is 10.2 Å². The van der Waals surface area contributed by atoms with E-state index in [1.807, 2.05) is 24.3 Å². The van der Waals surface area contributed by atoms with Crippen LogP contribution in [0.1, 0.15) is 22.3 Å². The highest BCUT2D eigenvalue weighted by Gasteiger charge is 2.51. The first-order valence-electron chi connectivity index (χ1n) is 13.8. The van der Waals surface area contributed by atoms with Gasteiger partial charge in [-0.3, -0.25) is 0 Å². The number of hydrogen-bond acceptors (Lipinski definition) is 2. The molecule has 1 heterocycles. The number of halogens is 1. The molecule has 192 valence electrons. The minimum atomic E-state index is -0.350. The van der Waals surface area contributed by atoms with Gasteiger partial charge in [0.05, 0.1) is 11.1 Å². The molecular weight excluding hydrogens is 522 g/mol. The first kappa shape index (κ1) is 22.8. The van der Waals surface area contributed by atoms with Crippen LogP contribution in [0.25, 0.3) is 50.1 Å². The van der Waals surface area contributed by atoms with Crippen LogP contribution in [0.2, 0.25) is 5.02 Å². The van der Waals surface area contributed by atoms with Crippen LogP contribution in [-0.2, 0) is 5.41 Å². The summed E-state index contributed by atoms with van der Waals surface area (Å²) in [5.74, 6) is 0. The minimum Gasteiger partial charge on any atom is -0.150 e. The van der Waals surface area contributed by atoms with E-state index in [1.54, 1.807) is 4.80 Å². The molecular formula is C37H22ClN3. The monoisotopic (exact) mass is 543 g/mol. The van der Waals surface area contributed by atoms with Gasteiger partial charge in [0.25, 0.3) is 0 Å². The van der Waals surface area contributed by atoms with Crippen LogP contribution in [-0.4, -0.2) is 15.0 Å². The summed E-state index contributed by atoms with van der Waals surface area (Å²) >= 11 is 6.09. The maximum absolute atomic E-state index is 6.09. The molecule has 0 saturated heterocycles. The number of nitrogens with zero attached hydrogens (tertiary/aromatic N) is 3. The summed E-state index contributed by atoms with van der Waals surface area (Å²) < 4.78 is 0. The zero-order chi connectivity index (χ0) is 27.1. The van der Waals surface area contributed by atoms with Gasteiger partial charge < -0.3 is 0 Å². The lowest BCUT2D eigenvalue weighted by molar-refractivity contribution is 0.766. The Morgan fingerprint density at radius 1 is 0.463 bits per heavy atom. The van der Waals surface area contributed by atoms with Gasteiger partial charge in [-0.1, -0.05) is 103 Å². The highest BCUT2D eigenvalue weighted by atomic mass is 35.5. The first-order valence-corrected chi connectivity index (χ1v) is 14.2. The van der Waals surface area contributed by atoms with E-state index in [-0.39, 0.29) is 5.41 Å². The Hall–Kier alpha value is -4.99. The summed E-state index contributed by atoms with van der Waals surface area (Å²) in [6, 6.07) is 47.6. The summed E-state index contributed by atoms with van der Waals surface area (Å²) in [6.45, 7) is 0. The van der Waals surface area contributed by atoms with Crippen molar-refractivity contribution < 1.29 is 0 Å². The zero-order valence-corrected chi connectivity index (χ0v) is 22.7.